The van der Waals surface area contributed by atoms with Crippen LogP contribution in [0.5, 0.6) is 5.75 Å². The second kappa shape index (κ2) is 11.0. The summed E-state index contributed by atoms with van der Waals surface area (Å²) in [7, 11) is 0. The summed E-state index contributed by atoms with van der Waals surface area (Å²) in [6.07, 6.45) is 7.89. The molecule has 29 heavy (non-hydrogen) atoms. The lowest BCUT2D eigenvalue weighted by molar-refractivity contribution is -0.139. The molecule has 2 N–H and O–H groups in total. The minimum absolute atomic E-state index is 0.0758. The number of rotatable bonds is 6. The Morgan fingerprint density at radius 3 is 2.38 bits per heavy atom. The molecular weight excluding hydrogens is 366 g/mol. The quantitative estimate of drug-likeness (QED) is 0.341. The number of carbonyl (C=O) groups is 2. The number of hydrogen-bond donors (Lipinski definition) is 2. The summed E-state index contributed by atoms with van der Waals surface area (Å²) < 4.78 is 5.86. The van der Waals surface area contributed by atoms with E-state index in [9.17, 15) is 9.59 Å². The van der Waals surface area contributed by atoms with Gasteiger partial charge in [-0.15, -0.1) is 0 Å². The number of carbonyl (C=O) groups excluding carboxylic acids is 2. The van der Waals surface area contributed by atoms with Crippen LogP contribution in [0.3, 0.4) is 0 Å². The van der Waals surface area contributed by atoms with Crippen LogP contribution in [0.15, 0.2) is 59.7 Å². The van der Waals surface area contributed by atoms with Gasteiger partial charge in [-0.05, 0) is 30.5 Å². The van der Waals surface area contributed by atoms with Crippen LogP contribution in [-0.4, -0.2) is 24.1 Å². The van der Waals surface area contributed by atoms with Gasteiger partial charge in [0.25, 0.3) is 0 Å². The van der Waals surface area contributed by atoms with Crippen molar-refractivity contribution < 1.29 is 14.3 Å². The maximum atomic E-state index is 12.1. The number of hydrogen-bond acceptors (Lipinski definition) is 4. The molecule has 1 fully saturated rings. The van der Waals surface area contributed by atoms with Gasteiger partial charge in [0.15, 0.2) is 0 Å². The molecule has 1 aliphatic carbocycles. The Kier molecular flexibility index (Phi) is 7.81. The third-order valence-electron chi connectivity index (χ3n) is 4.92. The number of nitrogens with one attached hydrogen (secondary N) is 2. The first-order valence-electron chi connectivity index (χ1n) is 10.1. The van der Waals surface area contributed by atoms with Crippen molar-refractivity contribution in [3.8, 4) is 5.75 Å². The Labute approximate surface area is 171 Å². The van der Waals surface area contributed by atoms with Crippen LogP contribution in [0.1, 0.15) is 49.7 Å². The van der Waals surface area contributed by atoms with Gasteiger partial charge in [-0.3, -0.25) is 9.59 Å². The molecule has 3 rings (SSSR count). The Hall–Kier alpha value is -3.15. The molecule has 2 aromatic rings. The number of para-hydroxylation sites is 1. The molecule has 152 valence electrons. The highest BCUT2D eigenvalue weighted by atomic mass is 16.5. The molecule has 0 aliphatic heterocycles. The second-order valence-corrected chi connectivity index (χ2v) is 7.17. The van der Waals surface area contributed by atoms with E-state index in [-0.39, 0.29) is 6.04 Å². The van der Waals surface area contributed by atoms with Gasteiger partial charge in [-0.1, -0.05) is 68.1 Å². The fourth-order valence-electron chi connectivity index (χ4n) is 3.34. The molecule has 6 nitrogen and oxygen atoms in total. The fourth-order valence-corrected chi connectivity index (χ4v) is 3.34. The minimum atomic E-state index is -0.756. The Morgan fingerprint density at radius 1 is 0.931 bits per heavy atom. The maximum absolute atomic E-state index is 12.1. The van der Waals surface area contributed by atoms with Crippen LogP contribution in [0.4, 0.5) is 0 Å². The maximum Gasteiger partial charge on any atom is 0.329 e. The average Bonchev–Trinajstić information content (AvgIpc) is 3.02. The Bertz CT molecular complexity index is 828. The highest BCUT2D eigenvalue weighted by Gasteiger charge is 2.19. The molecule has 0 aromatic heterocycles. The molecular formula is C23H27N3O3. The van der Waals surface area contributed by atoms with Crippen LogP contribution in [0.2, 0.25) is 0 Å². The number of ether oxygens (including phenoxy) is 1. The average molecular weight is 393 g/mol. The molecule has 0 heterocycles. The molecule has 0 spiro atoms. The van der Waals surface area contributed by atoms with Crippen molar-refractivity contribution in [2.45, 2.75) is 51.2 Å². The molecule has 2 amide bonds. The first-order valence-corrected chi connectivity index (χ1v) is 10.1. The summed E-state index contributed by atoms with van der Waals surface area (Å²) in [6, 6.07) is 17.3. The van der Waals surface area contributed by atoms with Crippen LogP contribution < -0.4 is 15.5 Å². The number of hydrazone groups is 1. The summed E-state index contributed by atoms with van der Waals surface area (Å²) in [4.78, 5) is 24.1. The van der Waals surface area contributed by atoms with E-state index in [4.69, 9.17) is 4.74 Å². The smallest absolute Gasteiger partial charge is 0.329 e. The van der Waals surface area contributed by atoms with E-state index in [2.05, 4.69) is 15.8 Å². The lowest BCUT2D eigenvalue weighted by atomic mass is 10.1. The second-order valence-electron chi connectivity index (χ2n) is 7.17. The normalized spacial score (nSPS) is 14.9. The number of amides is 2. The van der Waals surface area contributed by atoms with Crippen LogP contribution in [0.25, 0.3) is 0 Å². The minimum Gasteiger partial charge on any atom is -0.488 e. The van der Waals surface area contributed by atoms with Crippen molar-refractivity contribution in [2.24, 2.45) is 5.10 Å². The summed E-state index contributed by atoms with van der Waals surface area (Å²) in [5.74, 6) is -0.742. The lowest BCUT2D eigenvalue weighted by Gasteiger charge is -2.15. The zero-order valence-electron chi connectivity index (χ0n) is 16.5. The largest absolute Gasteiger partial charge is 0.488 e. The highest BCUT2D eigenvalue weighted by molar-refractivity contribution is 6.35. The third kappa shape index (κ3) is 6.75. The van der Waals surface area contributed by atoms with Crippen molar-refractivity contribution >= 4 is 18.0 Å². The van der Waals surface area contributed by atoms with Gasteiger partial charge in [0, 0.05) is 11.6 Å². The molecule has 1 aliphatic rings. The van der Waals surface area contributed by atoms with Crippen molar-refractivity contribution in [2.75, 3.05) is 0 Å². The summed E-state index contributed by atoms with van der Waals surface area (Å²) in [5.41, 5.74) is 4.07. The predicted molar refractivity (Wildman–Crippen MR) is 113 cm³/mol. The van der Waals surface area contributed by atoms with Crippen LogP contribution in [0, 0.1) is 0 Å². The molecule has 0 bridgehead atoms. The van der Waals surface area contributed by atoms with E-state index in [0.717, 1.165) is 31.2 Å². The monoisotopic (exact) mass is 393 g/mol. The van der Waals surface area contributed by atoms with Gasteiger partial charge in [-0.25, -0.2) is 5.43 Å². The van der Waals surface area contributed by atoms with Crippen LogP contribution in [-0.2, 0) is 16.2 Å². The highest BCUT2D eigenvalue weighted by Crippen LogP contribution is 2.18. The fraction of sp³-hybridized carbons (Fsp3) is 0.348. The van der Waals surface area contributed by atoms with E-state index in [1.54, 1.807) is 0 Å². The third-order valence-corrected chi connectivity index (χ3v) is 4.92. The van der Waals surface area contributed by atoms with E-state index in [0.29, 0.717) is 17.9 Å². The molecule has 2 aromatic carbocycles. The molecule has 0 radical (unpaired) electrons. The zero-order valence-corrected chi connectivity index (χ0v) is 16.5. The van der Waals surface area contributed by atoms with Crippen molar-refractivity contribution in [1.29, 1.82) is 0 Å². The zero-order chi connectivity index (χ0) is 20.3. The number of benzene rings is 2. The van der Waals surface area contributed by atoms with Gasteiger partial charge >= 0.3 is 11.8 Å². The Balaban J connectivity index is 1.51. The predicted octanol–water partition coefficient (Wildman–Crippen LogP) is 3.55. The molecule has 6 heteroatoms. The molecule has 0 saturated heterocycles. The standard InChI is InChI=1S/C23H27N3O3/c27-22(25-20-13-6-1-2-7-14-20)23(28)26-24-16-19-12-8-9-15-21(19)29-17-18-10-4-3-5-11-18/h3-5,8-12,15-16,20H,1-2,6-7,13-14,17H2,(H,25,27)(H,26,28)/b24-16-. The van der Waals surface area contributed by atoms with Crippen molar-refractivity contribution in [3.63, 3.8) is 0 Å². The molecule has 1 saturated carbocycles. The molecule has 0 unspecified atom stereocenters. The van der Waals surface area contributed by atoms with Crippen molar-refractivity contribution in [1.82, 2.24) is 10.7 Å². The summed E-state index contributed by atoms with van der Waals surface area (Å²) in [6.45, 7) is 0.432. The van der Waals surface area contributed by atoms with E-state index in [1.165, 1.54) is 19.1 Å². The van der Waals surface area contributed by atoms with Gasteiger partial charge in [0.1, 0.15) is 12.4 Å². The summed E-state index contributed by atoms with van der Waals surface area (Å²) >= 11 is 0. The van der Waals surface area contributed by atoms with Gasteiger partial charge in [0.2, 0.25) is 0 Å². The number of nitrogens with zero attached hydrogens (tertiary/aromatic N) is 1. The van der Waals surface area contributed by atoms with E-state index < -0.39 is 11.8 Å². The van der Waals surface area contributed by atoms with Crippen LogP contribution >= 0.6 is 0 Å². The molecule has 0 atom stereocenters. The van der Waals surface area contributed by atoms with E-state index >= 15 is 0 Å². The SMILES string of the molecule is O=C(N/N=C\c1ccccc1OCc1ccccc1)C(=O)NC1CCCCCC1. The topological polar surface area (TPSA) is 79.8 Å². The van der Waals surface area contributed by atoms with Gasteiger partial charge in [-0.2, -0.15) is 5.10 Å². The first-order chi connectivity index (χ1) is 14.2. The van der Waals surface area contributed by atoms with Gasteiger partial charge in [0.05, 0.1) is 6.21 Å². The first kappa shape index (κ1) is 20.6. The van der Waals surface area contributed by atoms with Gasteiger partial charge < -0.3 is 10.1 Å². The summed E-state index contributed by atoms with van der Waals surface area (Å²) in [5, 5.41) is 6.73. The van der Waals surface area contributed by atoms with E-state index in [1.807, 2.05) is 54.6 Å². The Morgan fingerprint density at radius 2 is 1.62 bits per heavy atom. The van der Waals surface area contributed by atoms with Crippen molar-refractivity contribution in [3.05, 3.63) is 65.7 Å². The lowest BCUT2D eigenvalue weighted by Crippen LogP contribution is -2.43.